The van der Waals surface area contributed by atoms with Crippen molar-refractivity contribution in [1.82, 2.24) is 25.5 Å². The summed E-state index contributed by atoms with van der Waals surface area (Å²) in [5, 5.41) is 14.2. The van der Waals surface area contributed by atoms with Crippen molar-refractivity contribution < 1.29 is 9.59 Å². The van der Waals surface area contributed by atoms with Gasteiger partial charge >= 0.3 is 0 Å². The molecule has 2 amide bonds. The molecule has 0 atom stereocenters. The van der Waals surface area contributed by atoms with E-state index in [0.29, 0.717) is 5.82 Å². The van der Waals surface area contributed by atoms with E-state index in [1.807, 2.05) is 31.2 Å². The first-order valence-corrected chi connectivity index (χ1v) is 5.95. The fraction of sp³-hybridized carbons (Fsp3) is 0.250. The van der Waals surface area contributed by atoms with E-state index in [4.69, 9.17) is 5.73 Å². The van der Waals surface area contributed by atoms with Gasteiger partial charge < -0.3 is 11.1 Å². The molecule has 0 aliphatic heterocycles. The molecule has 8 nitrogen and oxygen atoms in total. The van der Waals surface area contributed by atoms with E-state index in [1.54, 1.807) is 0 Å². The molecule has 1 heterocycles. The molecule has 2 aromatic rings. The summed E-state index contributed by atoms with van der Waals surface area (Å²) in [7, 11) is 0. The summed E-state index contributed by atoms with van der Waals surface area (Å²) >= 11 is 0. The number of hydrogen-bond acceptors (Lipinski definition) is 5. The Hall–Kier alpha value is -2.77. The number of primary amides is 1. The van der Waals surface area contributed by atoms with Crippen molar-refractivity contribution in [2.45, 2.75) is 13.5 Å². The van der Waals surface area contributed by atoms with Crippen LogP contribution in [0.25, 0.3) is 11.4 Å². The molecule has 2 rings (SSSR count). The van der Waals surface area contributed by atoms with Crippen LogP contribution in [0, 0.1) is 6.92 Å². The predicted octanol–water partition coefficient (Wildman–Crippen LogP) is -0.750. The summed E-state index contributed by atoms with van der Waals surface area (Å²) in [4.78, 5) is 23.2. The average Bonchev–Trinajstić information content (AvgIpc) is 2.85. The molecule has 20 heavy (non-hydrogen) atoms. The first-order chi connectivity index (χ1) is 9.56. The third kappa shape index (κ3) is 3.37. The second-order valence-corrected chi connectivity index (χ2v) is 4.20. The van der Waals surface area contributed by atoms with E-state index in [0.717, 1.165) is 15.9 Å². The van der Waals surface area contributed by atoms with Gasteiger partial charge in [-0.05, 0) is 17.7 Å². The number of hydrogen-bond donors (Lipinski definition) is 2. The molecule has 0 saturated carbocycles. The second kappa shape index (κ2) is 5.91. The van der Waals surface area contributed by atoms with Crippen LogP contribution in [0.5, 0.6) is 0 Å². The number of aromatic nitrogens is 4. The Bertz CT molecular complexity index is 636. The quantitative estimate of drug-likeness (QED) is 0.744. The van der Waals surface area contributed by atoms with Crippen molar-refractivity contribution >= 4 is 11.8 Å². The number of nitrogens with two attached hydrogens (primary N) is 1. The maximum atomic E-state index is 11.5. The molecule has 8 heteroatoms. The number of nitrogens with zero attached hydrogens (tertiary/aromatic N) is 4. The van der Waals surface area contributed by atoms with Gasteiger partial charge in [-0.3, -0.25) is 9.59 Å². The van der Waals surface area contributed by atoms with Crippen molar-refractivity contribution in [2.24, 2.45) is 5.73 Å². The zero-order valence-electron chi connectivity index (χ0n) is 10.9. The number of aryl methyl sites for hydroxylation is 1. The van der Waals surface area contributed by atoms with Gasteiger partial charge in [0.1, 0.15) is 6.54 Å². The van der Waals surface area contributed by atoms with Crippen LogP contribution in [0.3, 0.4) is 0 Å². The number of tetrazole rings is 1. The van der Waals surface area contributed by atoms with Crippen LogP contribution in [0.2, 0.25) is 0 Å². The Balaban J connectivity index is 2.04. The van der Waals surface area contributed by atoms with Crippen molar-refractivity contribution in [2.75, 3.05) is 6.54 Å². The molecule has 3 N–H and O–H groups in total. The van der Waals surface area contributed by atoms with Crippen LogP contribution in [0.1, 0.15) is 5.56 Å². The van der Waals surface area contributed by atoms with Gasteiger partial charge in [-0.25, -0.2) is 0 Å². The van der Waals surface area contributed by atoms with Gasteiger partial charge in [0.2, 0.25) is 17.6 Å². The van der Waals surface area contributed by atoms with Crippen molar-refractivity contribution in [3.05, 3.63) is 29.8 Å². The molecule has 0 unspecified atom stereocenters. The van der Waals surface area contributed by atoms with Gasteiger partial charge in [0, 0.05) is 5.56 Å². The van der Waals surface area contributed by atoms with Crippen molar-refractivity contribution in [3.63, 3.8) is 0 Å². The highest BCUT2D eigenvalue weighted by atomic mass is 16.2. The molecule has 0 fully saturated rings. The van der Waals surface area contributed by atoms with E-state index in [9.17, 15) is 9.59 Å². The van der Waals surface area contributed by atoms with E-state index in [-0.39, 0.29) is 13.1 Å². The van der Waals surface area contributed by atoms with Crippen LogP contribution in [0.15, 0.2) is 24.3 Å². The van der Waals surface area contributed by atoms with Gasteiger partial charge in [-0.1, -0.05) is 24.3 Å². The smallest absolute Gasteiger partial charge is 0.244 e. The Morgan fingerprint density at radius 3 is 2.80 bits per heavy atom. The molecule has 0 bridgehead atoms. The zero-order valence-corrected chi connectivity index (χ0v) is 10.9. The third-order valence-corrected chi connectivity index (χ3v) is 2.58. The second-order valence-electron chi connectivity index (χ2n) is 4.20. The van der Waals surface area contributed by atoms with Crippen LogP contribution in [0.4, 0.5) is 0 Å². The lowest BCUT2D eigenvalue weighted by atomic mass is 10.1. The van der Waals surface area contributed by atoms with Crippen molar-refractivity contribution in [3.8, 4) is 11.4 Å². The number of carbonyl (C=O) groups excluding carboxylic acids is 2. The minimum atomic E-state index is -0.606. The SMILES string of the molecule is Cc1ccccc1-c1nnn(CC(=O)NCC(N)=O)n1. The largest absolute Gasteiger partial charge is 0.368 e. The molecule has 0 aliphatic carbocycles. The first-order valence-electron chi connectivity index (χ1n) is 5.95. The molecule has 0 spiro atoms. The lowest BCUT2D eigenvalue weighted by molar-refractivity contribution is -0.125. The van der Waals surface area contributed by atoms with Gasteiger partial charge in [0.25, 0.3) is 0 Å². The summed E-state index contributed by atoms with van der Waals surface area (Å²) in [5.74, 6) is -0.561. The van der Waals surface area contributed by atoms with E-state index in [2.05, 4.69) is 20.7 Å². The molecular weight excluding hydrogens is 260 g/mol. The zero-order chi connectivity index (χ0) is 14.5. The molecular formula is C12H14N6O2. The summed E-state index contributed by atoms with van der Waals surface area (Å²) < 4.78 is 0. The topological polar surface area (TPSA) is 116 Å². The lowest BCUT2D eigenvalue weighted by Gasteiger charge is -2.01. The monoisotopic (exact) mass is 274 g/mol. The summed E-state index contributed by atoms with van der Waals surface area (Å²) in [6.45, 7) is 1.61. The van der Waals surface area contributed by atoms with Crippen LogP contribution < -0.4 is 11.1 Å². The number of amides is 2. The molecule has 0 aliphatic rings. The highest BCUT2D eigenvalue weighted by molar-refractivity contribution is 5.83. The molecule has 0 radical (unpaired) electrons. The molecule has 0 saturated heterocycles. The average molecular weight is 274 g/mol. The number of nitrogens with one attached hydrogen (secondary N) is 1. The van der Waals surface area contributed by atoms with Crippen LogP contribution >= 0.6 is 0 Å². The fourth-order valence-electron chi connectivity index (χ4n) is 1.61. The molecule has 104 valence electrons. The Morgan fingerprint density at radius 2 is 2.10 bits per heavy atom. The summed E-state index contributed by atoms with van der Waals surface area (Å²) in [6, 6.07) is 7.61. The van der Waals surface area contributed by atoms with Gasteiger partial charge in [-0.2, -0.15) is 4.80 Å². The minimum Gasteiger partial charge on any atom is -0.368 e. The van der Waals surface area contributed by atoms with Gasteiger partial charge in [-0.15, -0.1) is 10.2 Å². The predicted molar refractivity (Wildman–Crippen MR) is 70.2 cm³/mol. The molecule has 1 aromatic heterocycles. The standard InChI is InChI=1S/C12H14N6O2/c1-8-4-2-3-5-9(8)12-15-17-18(16-12)7-11(20)14-6-10(13)19/h2-5H,6-7H2,1H3,(H2,13,19)(H,14,20). The number of benzene rings is 1. The van der Waals surface area contributed by atoms with E-state index >= 15 is 0 Å². The van der Waals surface area contributed by atoms with E-state index in [1.165, 1.54) is 0 Å². The summed E-state index contributed by atoms with van der Waals surface area (Å²) in [6.07, 6.45) is 0. The highest BCUT2D eigenvalue weighted by Gasteiger charge is 2.10. The van der Waals surface area contributed by atoms with Crippen LogP contribution in [-0.2, 0) is 16.1 Å². The van der Waals surface area contributed by atoms with Gasteiger partial charge in [0.05, 0.1) is 6.54 Å². The first kappa shape index (κ1) is 13.7. The Morgan fingerprint density at radius 1 is 1.35 bits per heavy atom. The Labute approximate surface area is 115 Å². The minimum absolute atomic E-state index is 0.119. The molecule has 1 aromatic carbocycles. The van der Waals surface area contributed by atoms with E-state index < -0.39 is 11.8 Å². The number of carbonyl (C=O) groups is 2. The maximum absolute atomic E-state index is 11.5. The highest BCUT2D eigenvalue weighted by Crippen LogP contribution is 2.17. The summed E-state index contributed by atoms with van der Waals surface area (Å²) in [5.41, 5.74) is 6.80. The third-order valence-electron chi connectivity index (χ3n) is 2.58. The normalized spacial score (nSPS) is 10.2. The maximum Gasteiger partial charge on any atom is 0.244 e. The number of rotatable bonds is 5. The van der Waals surface area contributed by atoms with Crippen molar-refractivity contribution in [1.29, 1.82) is 0 Å². The fourth-order valence-corrected chi connectivity index (χ4v) is 1.61. The lowest BCUT2D eigenvalue weighted by Crippen LogP contribution is -2.35. The van der Waals surface area contributed by atoms with Crippen LogP contribution in [-0.4, -0.2) is 38.6 Å². The Kier molecular flexibility index (Phi) is 4.04. The van der Waals surface area contributed by atoms with Gasteiger partial charge in [0.15, 0.2) is 0 Å².